The van der Waals surface area contributed by atoms with Crippen LogP contribution in [0.1, 0.15) is 16.7 Å². The molecule has 0 aliphatic heterocycles. The SMILES string of the molecule is Cc1ccc(C)c(OCc2cccc(B(O)O)c2)c1. The molecule has 0 radical (unpaired) electrons. The Morgan fingerprint density at radius 3 is 2.58 bits per heavy atom. The molecule has 2 aromatic rings. The quantitative estimate of drug-likeness (QED) is 0.816. The lowest BCUT2D eigenvalue weighted by atomic mass is 9.80. The van der Waals surface area contributed by atoms with Gasteiger partial charge >= 0.3 is 7.12 Å². The summed E-state index contributed by atoms with van der Waals surface area (Å²) in [6.45, 7) is 4.43. The van der Waals surface area contributed by atoms with Crippen molar-refractivity contribution < 1.29 is 14.8 Å². The van der Waals surface area contributed by atoms with Crippen LogP contribution >= 0.6 is 0 Å². The van der Waals surface area contributed by atoms with Crippen LogP contribution in [-0.4, -0.2) is 17.2 Å². The third-order valence-corrected chi connectivity index (χ3v) is 2.99. The van der Waals surface area contributed by atoms with Crippen molar-refractivity contribution in [1.82, 2.24) is 0 Å². The minimum absolute atomic E-state index is 0.408. The van der Waals surface area contributed by atoms with E-state index in [1.165, 1.54) is 0 Å². The predicted molar refractivity (Wildman–Crippen MR) is 76.5 cm³/mol. The van der Waals surface area contributed by atoms with E-state index in [-0.39, 0.29) is 0 Å². The van der Waals surface area contributed by atoms with Crippen molar-refractivity contribution in [2.24, 2.45) is 0 Å². The Morgan fingerprint density at radius 2 is 1.84 bits per heavy atom. The Kier molecular flexibility index (Phi) is 4.25. The van der Waals surface area contributed by atoms with E-state index in [4.69, 9.17) is 14.8 Å². The second kappa shape index (κ2) is 5.91. The normalized spacial score (nSPS) is 10.3. The molecule has 0 saturated carbocycles. The monoisotopic (exact) mass is 256 g/mol. The summed E-state index contributed by atoms with van der Waals surface area (Å²) in [7, 11) is -1.44. The molecule has 2 rings (SSSR count). The Hall–Kier alpha value is -1.78. The Labute approximate surface area is 113 Å². The minimum atomic E-state index is -1.44. The van der Waals surface area contributed by atoms with Crippen LogP contribution in [0.2, 0.25) is 0 Å². The zero-order valence-corrected chi connectivity index (χ0v) is 11.1. The molecule has 4 heteroatoms. The first-order valence-corrected chi connectivity index (χ1v) is 6.21. The van der Waals surface area contributed by atoms with Crippen LogP contribution in [0, 0.1) is 13.8 Å². The van der Waals surface area contributed by atoms with E-state index in [9.17, 15) is 0 Å². The number of aryl methyl sites for hydroxylation is 2. The van der Waals surface area contributed by atoms with Crippen molar-refractivity contribution in [1.29, 1.82) is 0 Å². The average molecular weight is 256 g/mol. The Morgan fingerprint density at radius 1 is 1.05 bits per heavy atom. The van der Waals surface area contributed by atoms with Gasteiger partial charge in [0.25, 0.3) is 0 Å². The molecular weight excluding hydrogens is 239 g/mol. The van der Waals surface area contributed by atoms with Gasteiger partial charge in [0, 0.05) is 0 Å². The van der Waals surface area contributed by atoms with Gasteiger partial charge in [-0.05, 0) is 42.1 Å². The fourth-order valence-electron chi connectivity index (χ4n) is 1.87. The molecule has 0 spiro atoms. The lowest BCUT2D eigenvalue weighted by Gasteiger charge is -2.10. The van der Waals surface area contributed by atoms with Crippen molar-refractivity contribution in [2.75, 3.05) is 0 Å². The van der Waals surface area contributed by atoms with Gasteiger partial charge in [-0.15, -0.1) is 0 Å². The maximum Gasteiger partial charge on any atom is 0.488 e. The van der Waals surface area contributed by atoms with Gasteiger partial charge < -0.3 is 14.8 Å². The first kappa shape index (κ1) is 13.7. The zero-order valence-electron chi connectivity index (χ0n) is 11.1. The Bertz CT molecular complexity index is 567. The van der Waals surface area contributed by atoms with Crippen molar-refractivity contribution in [3.63, 3.8) is 0 Å². The van der Waals surface area contributed by atoms with E-state index in [1.54, 1.807) is 18.2 Å². The van der Waals surface area contributed by atoms with E-state index in [0.29, 0.717) is 12.1 Å². The first-order chi connectivity index (χ1) is 9.06. The van der Waals surface area contributed by atoms with E-state index in [2.05, 4.69) is 0 Å². The van der Waals surface area contributed by atoms with E-state index >= 15 is 0 Å². The molecule has 0 fully saturated rings. The summed E-state index contributed by atoms with van der Waals surface area (Å²) in [5, 5.41) is 18.3. The molecule has 98 valence electrons. The fraction of sp³-hybridized carbons (Fsp3) is 0.200. The summed E-state index contributed by atoms with van der Waals surface area (Å²) in [5.74, 6) is 0.856. The Balaban J connectivity index is 2.10. The summed E-state index contributed by atoms with van der Waals surface area (Å²) in [6, 6.07) is 13.2. The number of hydrogen-bond donors (Lipinski definition) is 2. The fourth-order valence-corrected chi connectivity index (χ4v) is 1.87. The summed E-state index contributed by atoms with van der Waals surface area (Å²) in [6.07, 6.45) is 0. The highest BCUT2D eigenvalue weighted by atomic mass is 16.5. The largest absolute Gasteiger partial charge is 0.489 e. The van der Waals surface area contributed by atoms with Gasteiger partial charge in [0.15, 0.2) is 0 Å². The molecule has 0 aromatic heterocycles. The van der Waals surface area contributed by atoms with E-state index in [1.807, 2.05) is 38.1 Å². The molecular formula is C15H17BO3. The van der Waals surface area contributed by atoms with Crippen LogP contribution in [-0.2, 0) is 6.61 Å². The van der Waals surface area contributed by atoms with Crippen LogP contribution in [0.4, 0.5) is 0 Å². The molecule has 19 heavy (non-hydrogen) atoms. The van der Waals surface area contributed by atoms with Crippen LogP contribution in [0.25, 0.3) is 0 Å². The van der Waals surface area contributed by atoms with Gasteiger partial charge in [-0.2, -0.15) is 0 Å². The number of rotatable bonds is 4. The summed E-state index contributed by atoms with van der Waals surface area (Å²) in [5.41, 5.74) is 3.62. The number of ether oxygens (including phenoxy) is 1. The van der Waals surface area contributed by atoms with E-state index < -0.39 is 7.12 Å². The van der Waals surface area contributed by atoms with Crippen molar-refractivity contribution in [2.45, 2.75) is 20.5 Å². The molecule has 2 aromatic carbocycles. The van der Waals surface area contributed by atoms with Gasteiger partial charge in [-0.1, -0.05) is 36.4 Å². The minimum Gasteiger partial charge on any atom is -0.489 e. The van der Waals surface area contributed by atoms with E-state index in [0.717, 1.165) is 22.4 Å². The highest BCUT2D eigenvalue weighted by molar-refractivity contribution is 6.58. The van der Waals surface area contributed by atoms with Gasteiger partial charge in [-0.3, -0.25) is 0 Å². The van der Waals surface area contributed by atoms with Crippen LogP contribution in [0.3, 0.4) is 0 Å². The van der Waals surface area contributed by atoms with Gasteiger partial charge in [0.1, 0.15) is 12.4 Å². The van der Waals surface area contributed by atoms with Crippen LogP contribution in [0.5, 0.6) is 5.75 Å². The third-order valence-electron chi connectivity index (χ3n) is 2.99. The number of hydrogen-bond acceptors (Lipinski definition) is 3. The number of benzene rings is 2. The second-order valence-corrected chi connectivity index (χ2v) is 4.68. The molecule has 0 bridgehead atoms. The van der Waals surface area contributed by atoms with Crippen molar-refractivity contribution in [3.05, 3.63) is 59.2 Å². The first-order valence-electron chi connectivity index (χ1n) is 6.21. The highest BCUT2D eigenvalue weighted by Crippen LogP contribution is 2.20. The molecule has 0 heterocycles. The molecule has 3 nitrogen and oxygen atoms in total. The summed E-state index contributed by atoms with van der Waals surface area (Å²) in [4.78, 5) is 0. The topological polar surface area (TPSA) is 49.7 Å². The van der Waals surface area contributed by atoms with Crippen molar-refractivity contribution >= 4 is 12.6 Å². The summed E-state index contributed by atoms with van der Waals surface area (Å²) < 4.78 is 5.78. The lowest BCUT2D eigenvalue weighted by Crippen LogP contribution is -2.29. The summed E-state index contributed by atoms with van der Waals surface area (Å²) >= 11 is 0. The standard InChI is InChI=1S/C15H17BO3/c1-11-6-7-12(2)15(8-11)19-10-13-4-3-5-14(9-13)16(17)18/h3-9,17-18H,10H2,1-2H3. The molecule has 0 aliphatic carbocycles. The maximum atomic E-state index is 9.13. The molecule has 0 saturated heterocycles. The third kappa shape index (κ3) is 3.59. The highest BCUT2D eigenvalue weighted by Gasteiger charge is 2.10. The molecule has 0 aliphatic rings. The van der Waals surface area contributed by atoms with Crippen LogP contribution in [0.15, 0.2) is 42.5 Å². The molecule has 2 N–H and O–H groups in total. The predicted octanol–water partition coefficient (Wildman–Crippen LogP) is 1.56. The molecule has 0 amide bonds. The lowest BCUT2D eigenvalue weighted by molar-refractivity contribution is 0.304. The van der Waals surface area contributed by atoms with Gasteiger partial charge in [0.2, 0.25) is 0 Å². The second-order valence-electron chi connectivity index (χ2n) is 4.68. The van der Waals surface area contributed by atoms with Gasteiger partial charge in [-0.25, -0.2) is 0 Å². The van der Waals surface area contributed by atoms with Crippen LogP contribution < -0.4 is 10.2 Å². The smallest absolute Gasteiger partial charge is 0.488 e. The zero-order chi connectivity index (χ0) is 13.8. The molecule has 0 unspecified atom stereocenters. The maximum absolute atomic E-state index is 9.13. The average Bonchev–Trinajstić information content (AvgIpc) is 2.40. The van der Waals surface area contributed by atoms with Gasteiger partial charge in [0.05, 0.1) is 0 Å². The van der Waals surface area contributed by atoms with Crippen molar-refractivity contribution in [3.8, 4) is 5.75 Å². The molecule has 0 atom stereocenters.